The molecule has 1 heterocycles. The Bertz CT molecular complexity index is 387. The van der Waals surface area contributed by atoms with Crippen LogP contribution in [0.25, 0.3) is 0 Å². The zero-order valence-electron chi connectivity index (χ0n) is 10.9. The number of hydrogen-bond donors (Lipinski definition) is 1. The Morgan fingerprint density at radius 1 is 1.44 bits per heavy atom. The van der Waals surface area contributed by atoms with E-state index < -0.39 is 6.04 Å². The standard InChI is InChI=1S/C13H19NO3S/c1-9(2)6-11(13(16)17-3)14-12(15)7-10-4-5-18-8-10/h4-5,8-9,11H,6-7H2,1-3H3,(H,14,15)/t11-/m0/s1. The third kappa shape index (κ3) is 4.87. The number of ether oxygens (including phenoxy) is 1. The molecule has 18 heavy (non-hydrogen) atoms. The molecule has 1 rings (SSSR count). The van der Waals surface area contributed by atoms with Crippen LogP contribution in [-0.4, -0.2) is 25.0 Å². The second kappa shape index (κ2) is 7.16. The fourth-order valence-electron chi connectivity index (χ4n) is 1.65. The Kier molecular flexibility index (Phi) is 5.85. The first-order valence-corrected chi connectivity index (χ1v) is 6.85. The van der Waals surface area contributed by atoms with Crippen molar-refractivity contribution in [3.8, 4) is 0 Å². The molecule has 0 spiro atoms. The molecule has 1 amide bonds. The Balaban J connectivity index is 2.54. The average Bonchev–Trinajstić information content (AvgIpc) is 2.79. The molecule has 0 radical (unpaired) electrons. The van der Waals surface area contributed by atoms with Crippen molar-refractivity contribution in [3.63, 3.8) is 0 Å². The zero-order chi connectivity index (χ0) is 13.5. The van der Waals surface area contributed by atoms with Crippen LogP contribution in [0.5, 0.6) is 0 Å². The Hall–Kier alpha value is -1.36. The van der Waals surface area contributed by atoms with Crippen LogP contribution >= 0.6 is 11.3 Å². The summed E-state index contributed by atoms with van der Waals surface area (Å²) in [4.78, 5) is 23.4. The van der Waals surface area contributed by atoms with Crippen molar-refractivity contribution < 1.29 is 14.3 Å². The van der Waals surface area contributed by atoms with Gasteiger partial charge in [-0.3, -0.25) is 4.79 Å². The summed E-state index contributed by atoms with van der Waals surface area (Å²) in [7, 11) is 1.33. The number of methoxy groups -OCH3 is 1. The van der Waals surface area contributed by atoms with Gasteiger partial charge in [0.1, 0.15) is 6.04 Å². The molecule has 0 aromatic carbocycles. The zero-order valence-corrected chi connectivity index (χ0v) is 11.8. The number of thiophene rings is 1. The highest BCUT2D eigenvalue weighted by atomic mass is 32.1. The van der Waals surface area contributed by atoms with E-state index in [0.29, 0.717) is 18.8 Å². The molecule has 1 aromatic heterocycles. The van der Waals surface area contributed by atoms with E-state index in [1.807, 2.05) is 30.7 Å². The maximum Gasteiger partial charge on any atom is 0.328 e. The highest BCUT2D eigenvalue weighted by Crippen LogP contribution is 2.09. The molecule has 0 aliphatic rings. The molecule has 5 heteroatoms. The minimum Gasteiger partial charge on any atom is -0.467 e. The lowest BCUT2D eigenvalue weighted by molar-refractivity contribution is -0.145. The van der Waals surface area contributed by atoms with E-state index in [0.717, 1.165) is 5.56 Å². The number of hydrogen-bond acceptors (Lipinski definition) is 4. The predicted octanol–water partition coefficient (Wildman–Crippen LogP) is 1.99. The maximum atomic E-state index is 11.8. The molecule has 1 aromatic rings. The summed E-state index contributed by atoms with van der Waals surface area (Å²) < 4.78 is 4.70. The number of rotatable bonds is 6. The minimum atomic E-state index is -0.555. The van der Waals surface area contributed by atoms with Crippen LogP contribution in [0, 0.1) is 5.92 Å². The van der Waals surface area contributed by atoms with Gasteiger partial charge in [0.15, 0.2) is 0 Å². The van der Waals surface area contributed by atoms with Gasteiger partial charge in [-0.15, -0.1) is 0 Å². The monoisotopic (exact) mass is 269 g/mol. The van der Waals surface area contributed by atoms with Gasteiger partial charge in [-0.2, -0.15) is 11.3 Å². The average molecular weight is 269 g/mol. The maximum absolute atomic E-state index is 11.8. The number of amides is 1. The fourth-order valence-corrected chi connectivity index (χ4v) is 2.32. The first-order chi connectivity index (χ1) is 8.52. The molecule has 0 saturated heterocycles. The molecule has 0 aliphatic carbocycles. The fraction of sp³-hybridized carbons (Fsp3) is 0.538. The molecule has 100 valence electrons. The number of nitrogens with one attached hydrogen (secondary N) is 1. The first-order valence-electron chi connectivity index (χ1n) is 5.91. The van der Waals surface area contributed by atoms with Crippen LogP contribution in [0.15, 0.2) is 16.8 Å². The lowest BCUT2D eigenvalue weighted by Crippen LogP contribution is -2.43. The third-order valence-electron chi connectivity index (χ3n) is 2.47. The molecular formula is C13H19NO3S. The molecular weight excluding hydrogens is 250 g/mol. The number of carbonyl (C=O) groups is 2. The van der Waals surface area contributed by atoms with Crippen LogP contribution in [-0.2, 0) is 20.7 Å². The predicted molar refractivity (Wildman–Crippen MR) is 71.4 cm³/mol. The first kappa shape index (κ1) is 14.7. The number of esters is 1. The van der Waals surface area contributed by atoms with Gasteiger partial charge in [0.2, 0.25) is 5.91 Å². The topological polar surface area (TPSA) is 55.4 Å². The summed E-state index contributed by atoms with van der Waals surface area (Å²) in [5.74, 6) is -0.220. The molecule has 0 fully saturated rings. The Labute approximate surface area is 111 Å². The molecule has 4 nitrogen and oxygen atoms in total. The van der Waals surface area contributed by atoms with E-state index in [2.05, 4.69) is 5.32 Å². The van der Waals surface area contributed by atoms with Crippen LogP contribution < -0.4 is 5.32 Å². The van der Waals surface area contributed by atoms with E-state index in [4.69, 9.17) is 4.74 Å². The van der Waals surface area contributed by atoms with Crippen molar-refractivity contribution in [2.75, 3.05) is 7.11 Å². The summed E-state index contributed by atoms with van der Waals surface area (Å²) in [5, 5.41) is 6.58. The van der Waals surface area contributed by atoms with Crippen LogP contribution in [0.2, 0.25) is 0 Å². The van der Waals surface area contributed by atoms with E-state index >= 15 is 0 Å². The number of carbonyl (C=O) groups excluding carboxylic acids is 2. The lowest BCUT2D eigenvalue weighted by atomic mass is 10.0. The van der Waals surface area contributed by atoms with Gasteiger partial charge in [-0.25, -0.2) is 4.79 Å². The van der Waals surface area contributed by atoms with Gasteiger partial charge >= 0.3 is 5.97 Å². The van der Waals surface area contributed by atoms with Gasteiger partial charge in [0.25, 0.3) is 0 Å². The lowest BCUT2D eigenvalue weighted by Gasteiger charge is -2.18. The van der Waals surface area contributed by atoms with Crippen molar-refractivity contribution in [2.24, 2.45) is 5.92 Å². The smallest absolute Gasteiger partial charge is 0.328 e. The van der Waals surface area contributed by atoms with E-state index in [9.17, 15) is 9.59 Å². The SMILES string of the molecule is COC(=O)[C@H](CC(C)C)NC(=O)Cc1ccsc1. The molecule has 0 aliphatic heterocycles. The van der Waals surface area contributed by atoms with Crippen molar-refractivity contribution in [1.82, 2.24) is 5.32 Å². The van der Waals surface area contributed by atoms with Gasteiger partial charge in [-0.1, -0.05) is 13.8 Å². The van der Waals surface area contributed by atoms with E-state index in [1.54, 1.807) is 11.3 Å². The van der Waals surface area contributed by atoms with Crippen molar-refractivity contribution in [1.29, 1.82) is 0 Å². The van der Waals surface area contributed by atoms with Gasteiger partial charge in [0.05, 0.1) is 13.5 Å². The molecule has 1 atom stereocenters. The van der Waals surface area contributed by atoms with Gasteiger partial charge in [0, 0.05) is 0 Å². The summed E-state index contributed by atoms with van der Waals surface area (Å²) in [6.07, 6.45) is 0.886. The third-order valence-corrected chi connectivity index (χ3v) is 3.20. The van der Waals surface area contributed by atoms with E-state index in [-0.39, 0.29) is 11.9 Å². The highest BCUT2D eigenvalue weighted by molar-refractivity contribution is 7.07. The molecule has 0 unspecified atom stereocenters. The van der Waals surface area contributed by atoms with Crippen molar-refractivity contribution in [3.05, 3.63) is 22.4 Å². The van der Waals surface area contributed by atoms with Crippen LogP contribution in [0.3, 0.4) is 0 Å². The van der Waals surface area contributed by atoms with Crippen molar-refractivity contribution in [2.45, 2.75) is 32.7 Å². The summed E-state index contributed by atoms with van der Waals surface area (Å²) in [6, 6.07) is 1.35. The largest absolute Gasteiger partial charge is 0.467 e. The van der Waals surface area contributed by atoms with Crippen LogP contribution in [0.1, 0.15) is 25.8 Å². The van der Waals surface area contributed by atoms with Gasteiger partial charge < -0.3 is 10.1 Å². The van der Waals surface area contributed by atoms with Crippen LogP contribution in [0.4, 0.5) is 0 Å². The van der Waals surface area contributed by atoms with Crippen molar-refractivity contribution >= 4 is 23.2 Å². The summed E-state index contributed by atoms with van der Waals surface area (Å²) >= 11 is 1.55. The normalized spacial score (nSPS) is 12.2. The molecule has 1 N–H and O–H groups in total. The molecule has 0 saturated carbocycles. The van der Waals surface area contributed by atoms with Gasteiger partial charge in [-0.05, 0) is 34.7 Å². The van der Waals surface area contributed by atoms with E-state index in [1.165, 1.54) is 7.11 Å². The highest BCUT2D eigenvalue weighted by Gasteiger charge is 2.22. The summed E-state index contributed by atoms with van der Waals surface area (Å²) in [6.45, 7) is 4.00. The Morgan fingerprint density at radius 2 is 2.17 bits per heavy atom. The second-order valence-electron chi connectivity index (χ2n) is 4.58. The molecule has 0 bridgehead atoms. The minimum absolute atomic E-state index is 0.149. The second-order valence-corrected chi connectivity index (χ2v) is 5.36. The Morgan fingerprint density at radius 3 is 2.67 bits per heavy atom. The quantitative estimate of drug-likeness (QED) is 0.804. The summed E-state index contributed by atoms with van der Waals surface area (Å²) in [5.41, 5.74) is 0.964.